The number of unbranched alkanes of at least 4 members (excludes halogenated alkanes) is 6. The first-order chi connectivity index (χ1) is 11.7. The van der Waals surface area contributed by atoms with Crippen molar-refractivity contribution in [3.05, 3.63) is 57.9 Å². The zero-order valence-electron chi connectivity index (χ0n) is 14.9. The summed E-state index contributed by atoms with van der Waals surface area (Å²) < 4.78 is 1.17. The maximum absolute atomic E-state index is 12.4. The zero-order valence-corrected chi connectivity index (χ0v) is 14.9. The summed E-state index contributed by atoms with van der Waals surface area (Å²) in [6.07, 6.45) is 13.7. The first kappa shape index (κ1) is 18.3. The summed E-state index contributed by atoms with van der Waals surface area (Å²) in [5.41, 5.74) is 1.89. The Hall–Kier alpha value is -2.03. The molecule has 0 spiro atoms. The molecule has 1 N–H and O–H groups in total. The molecule has 3 nitrogen and oxygen atoms in total. The molecule has 3 heteroatoms. The second-order valence-corrected chi connectivity index (χ2v) is 6.46. The molecule has 0 saturated heterocycles. The van der Waals surface area contributed by atoms with Crippen molar-refractivity contribution in [2.45, 2.75) is 65.2 Å². The molecule has 0 atom stereocenters. The number of rotatable bonds is 9. The quantitative estimate of drug-likeness (QED) is 0.381. The maximum Gasteiger partial charge on any atom is 0.192 e. The average Bonchev–Trinajstić information content (AvgIpc) is 2.61. The minimum absolute atomic E-state index is 0.00947. The van der Waals surface area contributed by atoms with Gasteiger partial charge >= 0.3 is 0 Å². The lowest BCUT2D eigenvalue weighted by Gasteiger charge is -2.12. The van der Waals surface area contributed by atoms with Crippen LogP contribution in [-0.2, 0) is 6.42 Å². The molecule has 0 unspecified atom stereocenters. The van der Waals surface area contributed by atoms with Gasteiger partial charge in [0.15, 0.2) is 5.43 Å². The molecule has 0 aliphatic rings. The molecule has 24 heavy (non-hydrogen) atoms. The van der Waals surface area contributed by atoms with Crippen LogP contribution in [0.3, 0.4) is 0 Å². The highest BCUT2D eigenvalue weighted by atomic mass is 16.5. The van der Waals surface area contributed by atoms with E-state index < -0.39 is 0 Å². The third kappa shape index (κ3) is 4.50. The van der Waals surface area contributed by atoms with Crippen LogP contribution in [0.25, 0.3) is 10.9 Å². The Morgan fingerprint density at radius 2 is 1.75 bits per heavy atom. The van der Waals surface area contributed by atoms with Gasteiger partial charge in [0.2, 0.25) is 0 Å². The minimum atomic E-state index is 0.00947. The number of fused-ring (bicyclic) bond motifs is 1. The van der Waals surface area contributed by atoms with Gasteiger partial charge < -0.3 is 5.21 Å². The topological polar surface area (TPSA) is 42.2 Å². The first-order valence-corrected chi connectivity index (χ1v) is 9.14. The van der Waals surface area contributed by atoms with Gasteiger partial charge in [0, 0.05) is 17.4 Å². The fourth-order valence-electron chi connectivity index (χ4n) is 3.08. The van der Waals surface area contributed by atoms with E-state index in [0.717, 1.165) is 6.42 Å². The number of pyridine rings is 1. The summed E-state index contributed by atoms with van der Waals surface area (Å²) >= 11 is 0. The van der Waals surface area contributed by atoms with E-state index in [9.17, 15) is 10.0 Å². The lowest BCUT2D eigenvalue weighted by Crippen LogP contribution is -2.16. The molecule has 2 rings (SSSR count). The van der Waals surface area contributed by atoms with Gasteiger partial charge in [0.05, 0.1) is 11.2 Å². The summed E-state index contributed by atoms with van der Waals surface area (Å²) in [4.78, 5) is 12.4. The van der Waals surface area contributed by atoms with Crippen LogP contribution in [0.2, 0.25) is 0 Å². The van der Waals surface area contributed by atoms with E-state index in [1.165, 1.54) is 43.3 Å². The molecule has 1 aromatic carbocycles. The van der Waals surface area contributed by atoms with E-state index >= 15 is 0 Å². The molecular formula is C21H29NO2. The van der Waals surface area contributed by atoms with Gasteiger partial charge in [-0.2, -0.15) is 4.73 Å². The Labute approximate surface area is 144 Å². The van der Waals surface area contributed by atoms with E-state index in [4.69, 9.17) is 0 Å². The number of hydrogen-bond donors (Lipinski definition) is 1. The number of para-hydroxylation sites is 1. The predicted molar refractivity (Wildman–Crippen MR) is 101 cm³/mol. The molecule has 0 radical (unpaired) electrons. The maximum atomic E-state index is 12.4. The number of allylic oxidation sites excluding steroid dienone is 2. The number of benzene rings is 1. The molecule has 0 fully saturated rings. The highest BCUT2D eigenvalue weighted by Gasteiger charge is 2.11. The predicted octanol–water partition coefficient (Wildman–Crippen LogP) is 5.40. The van der Waals surface area contributed by atoms with E-state index in [-0.39, 0.29) is 5.43 Å². The molecule has 2 aromatic rings. The van der Waals surface area contributed by atoms with E-state index in [1.807, 2.05) is 12.1 Å². The lowest BCUT2D eigenvalue weighted by molar-refractivity contribution is 0.189. The normalized spacial score (nSPS) is 11.6. The number of nitrogens with zero attached hydrogens (tertiary/aromatic N) is 1. The summed E-state index contributed by atoms with van der Waals surface area (Å²) in [6.45, 7) is 4.02. The second kappa shape index (κ2) is 9.31. The summed E-state index contributed by atoms with van der Waals surface area (Å²) in [7, 11) is 0. The van der Waals surface area contributed by atoms with Crippen molar-refractivity contribution >= 4 is 10.9 Å². The van der Waals surface area contributed by atoms with E-state index in [0.29, 0.717) is 28.6 Å². The Kier molecular flexibility index (Phi) is 7.10. The van der Waals surface area contributed by atoms with Crippen LogP contribution in [0, 0.1) is 6.92 Å². The van der Waals surface area contributed by atoms with Crippen molar-refractivity contribution in [1.29, 1.82) is 0 Å². The minimum Gasteiger partial charge on any atom is -0.428 e. The molecule has 0 aliphatic carbocycles. The van der Waals surface area contributed by atoms with Gasteiger partial charge in [0.25, 0.3) is 0 Å². The largest absolute Gasteiger partial charge is 0.428 e. The Bertz CT molecular complexity index is 743. The third-order valence-corrected chi connectivity index (χ3v) is 4.61. The van der Waals surface area contributed by atoms with Gasteiger partial charge in [0.1, 0.15) is 0 Å². The highest BCUT2D eigenvalue weighted by Crippen LogP contribution is 2.15. The standard InChI is InChI=1S/C21H29NO2/c1-3-4-5-6-7-8-9-10-11-15-19-17(2)21(23)18-14-12-13-16-20(18)22(19)24/h10-14,16,24H,3-9,15H2,1-2H3. The smallest absolute Gasteiger partial charge is 0.192 e. The molecule has 0 aliphatic heterocycles. The Morgan fingerprint density at radius 1 is 1.04 bits per heavy atom. The van der Waals surface area contributed by atoms with Crippen LogP contribution in [0.5, 0.6) is 0 Å². The first-order valence-electron chi connectivity index (χ1n) is 9.14. The Morgan fingerprint density at radius 3 is 2.54 bits per heavy atom. The second-order valence-electron chi connectivity index (χ2n) is 6.46. The van der Waals surface area contributed by atoms with Crippen LogP contribution in [0.4, 0.5) is 0 Å². The van der Waals surface area contributed by atoms with Gasteiger partial charge in [-0.25, -0.2) is 0 Å². The average molecular weight is 327 g/mol. The van der Waals surface area contributed by atoms with Crippen molar-refractivity contribution in [2.75, 3.05) is 0 Å². The van der Waals surface area contributed by atoms with Crippen LogP contribution in [0.1, 0.15) is 63.1 Å². The third-order valence-electron chi connectivity index (χ3n) is 4.61. The van der Waals surface area contributed by atoms with Crippen LogP contribution < -0.4 is 5.43 Å². The van der Waals surface area contributed by atoms with Crippen molar-refractivity contribution in [3.63, 3.8) is 0 Å². The molecular weight excluding hydrogens is 298 g/mol. The van der Waals surface area contributed by atoms with Crippen LogP contribution in [-0.4, -0.2) is 9.94 Å². The molecule has 0 saturated carbocycles. The Balaban J connectivity index is 1.96. The van der Waals surface area contributed by atoms with Gasteiger partial charge in [-0.3, -0.25) is 4.79 Å². The molecule has 0 amide bonds. The fourth-order valence-corrected chi connectivity index (χ4v) is 3.08. The summed E-state index contributed by atoms with van der Waals surface area (Å²) in [6, 6.07) is 7.19. The van der Waals surface area contributed by atoms with Crippen molar-refractivity contribution in [2.24, 2.45) is 0 Å². The van der Waals surface area contributed by atoms with Gasteiger partial charge in [-0.15, -0.1) is 0 Å². The van der Waals surface area contributed by atoms with E-state index in [2.05, 4.69) is 19.1 Å². The molecule has 1 heterocycles. The van der Waals surface area contributed by atoms with Gasteiger partial charge in [-0.05, 0) is 31.9 Å². The number of aromatic nitrogens is 1. The van der Waals surface area contributed by atoms with Crippen LogP contribution >= 0.6 is 0 Å². The van der Waals surface area contributed by atoms with Crippen LogP contribution in [0.15, 0.2) is 41.2 Å². The fraction of sp³-hybridized carbons (Fsp3) is 0.476. The highest BCUT2D eigenvalue weighted by molar-refractivity contribution is 5.79. The van der Waals surface area contributed by atoms with E-state index in [1.54, 1.807) is 19.1 Å². The van der Waals surface area contributed by atoms with Crippen molar-refractivity contribution in [3.8, 4) is 0 Å². The summed E-state index contributed by atoms with van der Waals surface area (Å²) in [5.74, 6) is 0. The monoisotopic (exact) mass is 327 g/mol. The number of hydrogen-bond acceptors (Lipinski definition) is 2. The zero-order chi connectivity index (χ0) is 17.4. The van der Waals surface area contributed by atoms with Gasteiger partial charge in [-0.1, -0.05) is 63.3 Å². The lowest BCUT2D eigenvalue weighted by atomic mass is 10.1. The van der Waals surface area contributed by atoms with Crippen molar-refractivity contribution in [1.82, 2.24) is 4.73 Å². The summed E-state index contributed by atoms with van der Waals surface area (Å²) in [5, 5.41) is 11.0. The molecule has 1 aromatic heterocycles. The van der Waals surface area contributed by atoms with Crippen molar-refractivity contribution < 1.29 is 5.21 Å². The molecule has 130 valence electrons. The SMILES string of the molecule is CCCCCCCCC=CCc1c(C)c(=O)c2ccccc2n1O. The molecule has 0 bridgehead atoms.